The molecule has 280 valence electrons. The van der Waals surface area contributed by atoms with Crippen molar-refractivity contribution < 1.29 is 32.6 Å². The molecule has 0 spiro atoms. The van der Waals surface area contributed by atoms with Gasteiger partial charge in [-0.15, -0.1) is 0 Å². The summed E-state index contributed by atoms with van der Waals surface area (Å²) in [5.74, 6) is -6.51. The minimum atomic E-state index is -3.83. The molecule has 2 fully saturated rings. The number of aryl methyl sites for hydroxylation is 1. The Bertz CT molecular complexity index is 2220. The van der Waals surface area contributed by atoms with Crippen molar-refractivity contribution in [1.29, 1.82) is 0 Å². The van der Waals surface area contributed by atoms with Gasteiger partial charge in [-0.25, -0.2) is 22.8 Å². The molecular weight excluding hydrogens is 703 g/mol. The number of halogens is 3. The Morgan fingerprint density at radius 2 is 1.67 bits per heavy atom. The molecule has 2 aliphatic rings. The summed E-state index contributed by atoms with van der Waals surface area (Å²) in [7, 11) is 0. The van der Waals surface area contributed by atoms with Gasteiger partial charge in [0, 0.05) is 43.6 Å². The van der Waals surface area contributed by atoms with Crippen LogP contribution in [0.15, 0.2) is 102 Å². The second-order valence-electron chi connectivity index (χ2n) is 13.8. The maximum absolute atomic E-state index is 16.0. The number of aromatic nitrogens is 4. The number of carbonyl (C=O) groups is 2. The number of amides is 2. The van der Waals surface area contributed by atoms with Crippen LogP contribution in [-0.2, 0) is 11.3 Å². The first kappa shape index (κ1) is 36.4. The molecule has 2 saturated heterocycles. The molecule has 7 rings (SSSR count). The summed E-state index contributed by atoms with van der Waals surface area (Å²) in [5.41, 5.74) is 4.44. The molecule has 0 saturated carbocycles. The first-order valence-electron chi connectivity index (χ1n) is 17.5. The molecule has 0 bridgehead atoms. The van der Waals surface area contributed by atoms with Gasteiger partial charge >= 0.3 is 0 Å². The van der Waals surface area contributed by atoms with E-state index >= 15 is 8.78 Å². The van der Waals surface area contributed by atoms with E-state index in [2.05, 4.69) is 10.1 Å². The van der Waals surface area contributed by atoms with Gasteiger partial charge in [0.1, 0.15) is 23.5 Å². The van der Waals surface area contributed by atoms with Gasteiger partial charge in [0.25, 0.3) is 17.4 Å². The molecule has 0 unspecified atom stereocenters. The Morgan fingerprint density at radius 1 is 0.981 bits per heavy atom. The van der Waals surface area contributed by atoms with E-state index in [0.29, 0.717) is 0 Å². The van der Waals surface area contributed by atoms with E-state index < -0.39 is 65.8 Å². The highest BCUT2D eigenvalue weighted by Crippen LogP contribution is 2.41. The van der Waals surface area contributed by atoms with Crippen LogP contribution >= 0.6 is 0 Å². The van der Waals surface area contributed by atoms with Crippen molar-refractivity contribution in [3.8, 4) is 17.3 Å². The molecule has 4 heterocycles. The molecule has 54 heavy (non-hydrogen) atoms. The van der Waals surface area contributed by atoms with E-state index in [1.165, 1.54) is 12.1 Å². The molecule has 2 amide bonds. The average molecular weight is 742 g/mol. The summed E-state index contributed by atoms with van der Waals surface area (Å²) in [6.07, 6.45) is 0.625. The third-order valence-corrected chi connectivity index (χ3v) is 10.2. The minimum Gasteiger partial charge on any atom is -0.437 e. The zero-order valence-corrected chi connectivity index (χ0v) is 29.3. The van der Waals surface area contributed by atoms with Gasteiger partial charge in [-0.05, 0) is 61.4 Å². The van der Waals surface area contributed by atoms with Crippen LogP contribution in [0.4, 0.5) is 18.9 Å². The van der Waals surface area contributed by atoms with E-state index in [1.54, 1.807) is 15.6 Å². The number of nitrogens with two attached hydrogens (primary N) is 1. The predicted octanol–water partition coefficient (Wildman–Crippen LogP) is 4.80. The first-order valence-corrected chi connectivity index (χ1v) is 17.5. The standard InChI is InChI=1S/C39H38F3N7O5/c1-25-20-32(45-49(25)28-10-6-3-7-11-28)36(51)46-18-16-30(31(21-46)26-8-4-2-5-9-26)35(50)47-19-17-38(53,39(41,42)23-47)22-48-24-44-34(33(43)37(48)52)54-29-14-12-27(40)13-15-29/h2-15,20,24,30-31,53H,16-19,21-23,43H2,1H3/t30-,31+,38+/m1/s1. The van der Waals surface area contributed by atoms with Crippen molar-refractivity contribution in [1.82, 2.24) is 29.1 Å². The number of ether oxygens (including phenoxy) is 1. The largest absolute Gasteiger partial charge is 0.437 e. The number of carbonyl (C=O) groups excluding carboxylic acids is 2. The van der Waals surface area contributed by atoms with Crippen LogP contribution in [0.3, 0.4) is 0 Å². The number of alkyl halides is 2. The van der Waals surface area contributed by atoms with Crippen molar-refractivity contribution in [2.45, 2.75) is 43.8 Å². The van der Waals surface area contributed by atoms with Crippen LogP contribution in [0.25, 0.3) is 5.69 Å². The number of benzene rings is 3. The normalized spacial score (nSPS) is 21.1. The maximum atomic E-state index is 16.0. The lowest BCUT2D eigenvalue weighted by Gasteiger charge is -2.46. The monoisotopic (exact) mass is 741 g/mol. The smallest absolute Gasteiger partial charge is 0.295 e. The summed E-state index contributed by atoms with van der Waals surface area (Å²) >= 11 is 0. The summed E-state index contributed by atoms with van der Waals surface area (Å²) in [6, 6.07) is 25.2. The third-order valence-electron chi connectivity index (χ3n) is 10.2. The third kappa shape index (κ3) is 7.06. The van der Waals surface area contributed by atoms with Crippen molar-refractivity contribution in [3.05, 3.63) is 130 Å². The fourth-order valence-electron chi connectivity index (χ4n) is 7.21. The number of nitrogen functional groups attached to an aromatic ring is 1. The van der Waals surface area contributed by atoms with Crippen LogP contribution < -0.4 is 16.0 Å². The lowest BCUT2D eigenvalue weighted by Crippen LogP contribution is -2.64. The van der Waals surface area contributed by atoms with Crippen LogP contribution in [0.1, 0.15) is 40.5 Å². The van der Waals surface area contributed by atoms with Gasteiger partial charge in [0.2, 0.25) is 11.8 Å². The molecular formula is C39H38F3N7O5. The zero-order valence-electron chi connectivity index (χ0n) is 29.3. The van der Waals surface area contributed by atoms with Gasteiger partial charge in [-0.3, -0.25) is 19.0 Å². The molecule has 5 aromatic rings. The molecule has 3 N–H and O–H groups in total. The van der Waals surface area contributed by atoms with Crippen molar-refractivity contribution in [2.24, 2.45) is 5.92 Å². The number of nitrogens with zero attached hydrogens (tertiary/aromatic N) is 6. The minimum absolute atomic E-state index is 0.146. The van der Waals surface area contributed by atoms with Crippen molar-refractivity contribution >= 4 is 17.5 Å². The Kier molecular flexibility index (Phi) is 9.75. The first-order chi connectivity index (χ1) is 25.8. The zero-order chi connectivity index (χ0) is 38.2. The summed E-state index contributed by atoms with van der Waals surface area (Å²) < 4.78 is 53.1. The summed E-state index contributed by atoms with van der Waals surface area (Å²) in [5, 5.41) is 15.9. The summed E-state index contributed by atoms with van der Waals surface area (Å²) in [4.78, 5) is 47.7. The molecule has 3 atom stereocenters. The maximum Gasteiger partial charge on any atom is 0.295 e. The van der Waals surface area contributed by atoms with Crippen LogP contribution in [-0.4, -0.2) is 83.8 Å². The Hall–Kier alpha value is -5.96. The number of rotatable bonds is 8. The predicted molar refractivity (Wildman–Crippen MR) is 192 cm³/mol. The van der Waals surface area contributed by atoms with Crippen molar-refractivity contribution in [2.75, 3.05) is 31.9 Å². The van der Waals surface area contributed by atoms with Gasteiger partial charge in [0.15, 0.2) is 11.4 Å². The molecule has 0 radical (unpaired) electrons. The van der Waals surface area contributed by atoms with E-state index in [-0.39, 0.29) is 49.3 Å². The van der Waals surface area contributed by atoms with Gasteiger partial charge in [-0.2, -0.15) is 5.10 Å². The lowest BCUT2D eigenvalue weighted by molar-refractivity contribution is -0.223. The Labute approximate surface area is 308 Å². The molecule has 12 nitrogen and oxygen atoms in total. The number of hydrogen-bond acceptors (Lipinski definition) is 8. The highest BCUT2D eigenvalue weighted by atomic mass is 19.3. The van der Waals surface area contributed by atoms with E-state index in [1.807, 2.05) is 67.6 Å². The number of para-hydroxylation sites is 1. The van der Waals surface area contributed by atoms with Crippen molar-refractivity contribution in [3.63, 3.8) is 0 Å². The van der Waals surface area contributed by atoms with E-state index in [0.717, 1.165) is 44.9 Å². The quantitative estimate of drug-likeness (QED) is 0.231. The Morgan fingerprint density at radius 3 is 2.35 bits per heavy atom. The van der Waals surface area contributed by atoms with Crippen LogP contribution in [0.2, 0.25) is 0 Å². The van der Waals surface area contributed by atoms with Gasteiger partial charge in [0.05, 0.1) is 18.8 Å². The fraction of sp³-hybridized carbons (Fsp3) is 0.308. The molecule has 2 aliphatic heterocycles. The topological polar surface area (TPSA) is 149 Å². The van der Waals surface area contributed by atoms with Crippen LogP contribution in [0.5, 0.6) is 11.6 Å². The number of likely N-dealkylation sites (tertiary alicyclic amines) is 2. The fourth-order valence-corrected chi connectivity index (χ4v) is 7.21. The number of aliphatic hydroxyl groups is 1. The average Bonchev–Trinajstić information content (AvgIpc) is 3.57. The Balaban J connectivity index is 1.06. The summed E-state index contributed by atoms with van der Waals surface area (Å²) in [6.45, 7) is 0.109. The lowest BCUT2D eigenvalue weighted by atomic mass is 9.78. The van der Waals surface area contributed by atoms with Crippen LogP contribution in [0, 0.1) is 18.7 Å². The number of anilines is 1. The SMILES string of the molecule is Cc1cc(C(=O)N2CC[C@@H](C(=O)N3CC[C@](O)(Cn4cnc(Oc5ccc(F)cc5)c(N)c4=O)C(F)(F)C3)[C@H](c3ccccc3)C2)nn1-c1ccccc1. The highest BCUT2D eigenvalue weighted by molar-refractivity contribution is 5.93. The van der Waals surface area contributed by atoms with Gasteiger partial charge in [-0.1, -0.05) is 48.5 Å². The molecule has 3 aromatic carbocycles. The number of hydrogen-bond donors (Lipinski definition) is 2. The molecule has 15 heteroatoms. The highest BCUT2D eigenvalue weighted by Gasteiger charge is 2.58. The van der Waals surface area contributed by atoms with E-state index in [4.69, 9.17) is 10.5 Å². The molecule has 0 aliphatic carbocycles. The second-order valence-corrected chi connectivity index (χ2v) is 13.8. The second kappa shape index (κ2) is 14.5. The number of piperidine rings is 2. The van der Waals surface area contributed by atoms with E-state index in [9.17, 15) is 23.9 Å². The molecule has 2 aromatic heterocycles. The van der Waals surface area contributed by atoms with Gasteiger partial charge < -0.3 is 25.4 Å².